The first-order chi connectivity index (χ1) is 10.0. The number of hydrogen-bond acceptors (Lipinski definition) is 3. The third-order valence-electron chi connectivity index (χ3n) is 3.68. The first-order valence-electron chi connectivity index (χ1n) is 7.11. The van der Waals surface area contributed by atoms with Crippen LogP contribution in [0.4, 0.5) is 4.39 Å². The maximum atomic E-state index is 13.9. The van der Waals surface area contributed by atoms with Crippen LogP contribution >= 0.6 is 15.9 Å². The molecule has 0 amide bonds. The topological polar surface area (TPSA) is 42.7 Å². The Morgan fingerprint density at radius 3 is 2.67 bits per heavy atom. The van der Waals surface area contributed by atoms with Crippen LogP contribution in [0.5, 0.6) is 0 Å². The van der Waals surface area contributed by atoms with Gasteiger partial charge in [0.15, 0.2) is 0 Å². The Morgan fingerprint density at radius 1 is 1.38 bits per heavy atom. The van der Waals surface area contributed by atoms with Crippen LogP contribution < -0.4 is 5.32 Å². The summed E-state index contributed by atoms with van der Waals surface area (Å²) in [7, 11) is 1.91. The molecule has 0 aliphatic rings. The van der Waals surface area contributed by atoms with Gasteiger partial charge >= 0.3 is 0 Å². The van der Waals surface area contributed by atoms with Crippen molar-refractivity contribution in [2.45, 2.75) is 39.7 Å². The number of aromatic nitrogens is 3. The van der Waals surface area contributed by atoms with Crippen LogP contribution in [0.25, 0.3) is 5.69 Å². The van der Waals surface area contributed by atoms with E-state index in [0.717, 1.165) is 35.5 Å². The van der Waals surface area contributed by atoms with Gasteiger partial charge in [-0.2, -0.15) is 0 Å². The highest BCUT2D eigenvalue weighted by Crippen LogP contribution is 2.26. The molecule has 1 heterocycles. The van der Waals surface area contributed by atoms with Crippen LogP contribution in [0.2, 0.25) is 0 Å². The molecule has 0 fully saturated rings. The molecule has 0 radical (unpaired) electrons. The number of benzene rings is 1. The summed E-state index contributed by atoms with van der Waals surface area (Å²) in [6.07, 6.45) is 1.72. The van der Waals surface area contributed by atoms with Crippen molar-refractivity contribution in [3.63, 3.8) is 0 Å². The first kappa shape index (κ1) is 16.1. The molecule has 21 heavy (non-hydrogen) atoms. The summed E-state index contributed by atoms with van der Waals surface area (Å²) >= 11 is 3.21. The number of hydrogen-bond donors (Lipinski definition) is 1. The minimum absolute atomic E-state index is 0.161. The fraction of sp³-hybridized carbons (Fsp3) is 0.467. The van der Waals surface area contributed by atoms with Crippen molar-refractivity contribution in [3.05, 3.63) is 39.4 Å². The van der Waals surface area contributed by atoms with E-state index >= 15 is 0 Å². The third-order valence-corrected chi connectivity index (χ3v) is 4.29. The van der Waals surface area contributed by atoms with E-state index in [1.54, 1.807) is 10.7 Å². The minimum atomic E-state index is -0.296. The molecule has 1 atom stereocenters. The fourth-order valence-electron chi connectivity index (χ4n) is 2.51. The van der Waals surface area contributed by atoms with Crippen molar-refractivity contribution < 1.29 is 4.39 Å². The quantitative estimate of drug-likeness (QED) is 0.889. The number of rotatable bonds is 5. The molecule has 1 aromatic carbocycles. The van der Waals surface area contributed by atoms with Gasteiger partial charge in [0.1, 0.15) is 11.5 Å². The SMILES string of the molecule is CCc1c(C(CC)NC)nnn1-c1cc(F)c(Br)cc1C. The Bertz CT molecular complexity index is 635. The molecule has 1 unspecified atom stereocenters. The summed E-state index contributed by atoms with van der Waals surface area (Å²) in [4.78, 5) is 0. The van der Waals surface area contributed by atoms with Gasteiger partial charge in [-0.25, -0.2) is 9.07 Å². The van der Waals surface area contributed by atoms with Gasteiger partial charge < -0.3 is 5.32 Å². The van der Waals surface area contributed by atoms with Crippen LogP contribution in [0.15, 0.2) is 16.6 Å². The molecule has 0 spiro atoms. The highest BCUT2D eigenvalue weighted by Gasteiger charge is 2.20. The molecule has 0 aliphatic heterocycles. The van der Waals surface area contributed by atoms with Gasteiger partial charge in [0.2, 0.25) is 0 Å². The normalized spacial score (nSPS) is 12.7. The summed E-state index contributed by atoms with van der Waals surface area (Å²) in [6, 6.07) is 3.42. The van der Waals surface area contributed by atoms with Crippen LogP contribution in [0.1, 0.15) is 43.3 Å². The van der Waals surface area contributed by atoms with Crippen LogP contribution in [0.3, 0.4) is 0 Å². The predicted octanol–water partition coefficient (Wildman–Crippen LogP) is 3.71. The van der Waals surface area contributed by atoms with Gasteiger partial charge in [-0.1, -0.05) is 19.1 Å². The van der Waals surface area contributed by atoms with Gasteiger partial charge in [0.25, 0.3) is 0 Å². The standard InChI is InChI=1S/C15H20BrFN4/c1-5-12(18-4)15-13(6-2)21(20-19-15)14-8-11(17)10(16)7-9(14)3/h7-8,12,18H,5-6H2,1-4H3. The Labute approximate surface area is 132 Å². The van der Waals surface area contributed by atoms with E-state index in [-0.39, 0.29) is 11.9 Å². The van der Waals surface area contributed by atoms with E-state index < -0.39 is 0 Å². The number of aryl methyl sites for hydroxylation is 1. The molecule has 1 aromatic heterocycles. The van der Waals surface area contributed by atoms with Crippen LogP contribution in [0, 0.1) is 12.7 Å². The average Bonchev–Trinajstić information content (AvgIpc) is 2.88. The smallest absolute Gasteiger partial charge is 0.139 e. The monoisotopic (exact) mass is 354 g/mol. The lowest BCUT2D eigenvalue weighted by molar-refractivity contribution is 0.555. The minimum Gasteiger partial charge on any atom is -0.312 e. The van der Waals surface area contributed by atoms with E-state index in [1.807, 2.05) is 14.0 Å². The van der Waals surface area contributed by atoms with Crippen molar-refractivity contribution >= 4 is 15.9 Å². The molecular weight excluding hydrogens is 335 g/mol. The van der Waals surface area contributed by atoms with E-state index in [4.69, 9.17) is 0 Å². The average molecular weight is 355 g/mol. The van der Waals surface area contributed by atoms with Gasteiger partial charge in [-0.3, -0.25) is 0 Å². The van der Waals surface area contributed by atoms with Crippen molar-refractivity contribution in [1.29, 1.82) is 0 Å². The Morgan fingerprint density at radius 2 is 2.10 bits per heavy atom. The maximum absolute atomic E-state index is 13.9. The molecule has 2 aromatic rings. The molecule has 114 valence electrons. The summed E-state index contributed by atoms with van der Waals surface area (Å²) in [6.45, 7) is 6.10. The molecule has 0 bridgehead atoms. The number of nitrogens with one attached hydrogen (secondary N) is 1. The second kappa shape index (κ2) is 6.66. The zero-order valence-electron chi connectivity index (χ0n) is 12.7. The van der Waals surface area contributed by atoms with Crippen molar-refractivity contribution in [1.82, 2.24) is 20.3 Å². The molecule has 4 nitrogen and oxygen atoms in total. The van der Waals surface area contributed by atoms with Crippen molar-refractivity contribution in [3.8, 4) is 5.69 Å². The fourth-order valence-corrected chi connectivity index (χ4v) is 2.96. The second-order valence-electron chi connectivity index (χ2n) is 4.99. The molecule has 2 rings (SSSR count). The summed E-state index contributed by atoms with van der Waals surface area (Å²) in [5.41, 5.74) is 3.63. The number of nitrogens with zero attached hydrogens (tertiary/aromatic N) is 3. The molecule has 0 aliphatic carbocycles. The van der Waals surface area contributed by atoms with E-state index in [9.17, 15) is 4.39 Å². The zero-order chi connectivity index (χ0) is 15.6. The molecular formula is C15H20BrFN4. The molecule has 1 N–H and O–H groups in total. The zero-order valence-corrected chi connectivity index (χ0v) is 14.3. The lowest BCUT2D eigenvalue weighted by Crippen LogP contribution is -2.17. The summed E-state index contributed by atoms with van der Waals surface area (Å²) in [5, 5.41) is 11.8. The Balaban J connectivity index is 2.58. The lowest BCUT2D eigenvalue weighted by Gasteiger charge is -2.14. The van der Waals surface area contributed by atoms with Crippen molar-refractivity contribution in [2.75, 3.05) is 7.05 Å². The van der Waals surface area contributed by atoms with Gasteiger partial charge in [-0.15, -0.1) is 5.10 Å². The third kappa shape index (κ3) is 3.01. The highest BCUT2D eigenvalue weighted by atomic mass is 79.9. The van der Waals surface area contributed by atoms with E-state index in [1.165, 1.54) is 6.07 Å². The van der Waals surface area contributed by atoms with Gasteiger partial charge in [0, 0.05) is 6.07 Å². The summed E-state index contributed by atoms with van der Waals surface area (Å²) < 4.78 is 16.1. The van der Waals surface area contributed by atoms with Crippen molar-refractivity contribution in [2.24, 2.45) is 0 Å². The number of halogens is 2. The lowest BCUT2D eigenvalue weighted by atomic mass is 10.1. The van der Waals surface area contributed by atoms with Crippen LogP contribution in [-0.2, 0) is 6.42 Å². The van der Waals surface area contributed by atoms with Gasteiger partial charge in [-0.05, 0) is 54.4 Å². The largest absolute Gasteiger partial charge is 0.312 e. The molecule has 0 saturated carbocycles. The summed E-state index contributed by atoms with van der Waals surface area (Å²) in [5.74, 6) is -0.296. The Kier molecular flexibility index (Phi) is 5.11. The van der Waals surface area contributed by atoms with Gasteiger partial charge in [0.05, 0.1) is 21.9 Å². The molecule has 6 heteroatoms. The van der Waals surface area contributed by atoms with Crippen LogP contribution in [-0.4, -0.2) is 22.0 Å². The predicted molar refractivity (Wildman–Crippen MR) is 85.2 cm³/mol. The second-order valence-corrected chi connectivity index (χ2v) is 5.84. The first-order valence-corrected chi connectivity index (χ1v) is 7.90. The Hall–Kier alpha value is -1.27. The van der Waals surface area contributed by atoms with E-state index in [0.29, 0.717) is 4.47 Å². The molecule has 0 saturated heterocycles. The highest BCUT2D eigenvalue weighted by molar-refractivity contribution is 9.10. The van der Waals surface area contributed by atoms with E-state index in [2.05, 4.69) is 45.4 Å². The maximum Gasteiger partial charge on any atom is 0.139 e.